The van der Waals surface area contributed by atoms with Crippen LogP contribution in [-0.4, -0.2) is 33.4 Å². The van der Waals surface area contributed by atoms with E-state index in [1.54, 1.807) is 0 Å². The molecule has 1 aliphatic heterocycles. The summed E-state index contributed by atoms with van der Waals surface area (Å²) in [5, 5.41) is 3.44. The van der Waals surface area contributed by atoms with E-state index < -0.39 is 0 Å². The fourth-order valence-electron chi connectivity index (χ4n) is 2.43. The van der Waals surface area contributed by atoms with Crippen molar-refractivity contribution in [3.05, 3.63) is 29.3 Å². The van der Waals surface area contributed by atoms with Gasteiger partial charge in [-0.25, -0.2) is 0 Å². The Morgan fingerprint density at radius 1 is 1.37 bits per heavy atom. The van der Waals surface area contributed by atoms with Crippen LogP contribution >= 0.6 is 0 Å². The average molecular weight is 262 g/mol. The Balaban J connectivity index is 1.69. The predicted molar refractivity (Wildman–Crippen MR) is 80.8 cm³/mol. The molecule has 0 bridgehead atoms. The van der Waals surface area contributed by atoms with Gasteiger partial charge in [-0.1, -0.05) is 26.0 Å². The number of likely N-dealkylation sites (N-methyl/N-ethyl adjacent to an activating group) is 1. The second-order valence-corrected chi connectivity index (χ2v) is 5.78. The Morgan fingerprint density at radius 2 is 2.21 bits per heavy atom. The Morgan fingerprint density at radius 3 is 3.00 bits per heavy atom. The number of benzene rings is 1. The van der Waals surface area contributed by atoms with Crippen LogP contribution in [-0.2, 0) is 17.7 Å². The van der Waals surface area contributed by atoms with Crippen LogP contribution in [0.4, 0.5) is 5.69 Å². The van der Waals surface area contributed by atoms with Gasteiger partial charge in [0.05, 0.1) is 6.61 Å². The normalized spacial score (nSPS) is 14.2. The van der Waals surface area contributed by atoms with Gasteiger partial charge in [0.15, 0.2) is 0 Å². The fourth-order valence-corrected chi connectivity index (χ4v) is 2.43. The SMILES string of the molecule is CC(C)COCCNCc1ccc2c(c1)CCN2C. The lowest BCUT2D eigenvalue weighted by molar-refractivity contribution is 0.111. The third kappa shape index (κ3) is 4.22. The molecule has 0 fully saturated rings. The molecule has 0 aromatic heterocycles. The molecule has 0 saturated heterocycles. The lowest BCUT2D eigenvalue weighted by atomic mass is 10.1. The molecule has 0 aliphatic carbocycles. The molecule has 1 aliphatic rings. The molecule has 2 rings (SSSR count). The van der Waals surface area contributed by atoms with Gasteiger partial charge in [0.1, 0.15) is 0 Å². The predicted octanol–water partition coefficient (Wildman–Crippen LogP) is 2.44. The van der Waals surface area contributed by atoms with Gasteiger partial charge in [-0.05, 0) is 29.5 Å². The first kappa shape index (κ1) is 14.4. The molecular formula is C16H26N2O. The molecule has 1 aromatic rings. The second-order valence-electron chi connectivity index (χ2n) is 5.78. The molecule has 0 atom stereocenters. The molecular weight excluding hydrogens is 236 g/mol. The number of fused-ring (bicyclic) bond motifs is 1. The van der Waals surface area contributed by atoms with Crippen molar-refractivity contribution in [3.8, 4) is 0 Å². The van der Waals surface area contributed by atoms with Crippen molar-refractivity contribution >= 4 is 5.69 Å². The van der Waals surface area contributed by atoms with E-state index in [9.17, 15) is 0 Å². The maximum atomic E-state index is 5.55. The van der Waals surface area contributed by atoms with Crippen molar-refractivity contribution in [3.63, 3.8) is 0 Å². The smallest absolute Gasteiger partial charge is 0.0591 e. The minimum absolute atomic E-state index is 0.619. The van der Waals surface area contributed by atoms with Crippen LogP contribution in [0.3, 0.4) is 0 Å². The monoisotopic (exact) mass is 262 g/mol. The number of nitrogens with one attached hydrogen (secondary N) is 1. The van der Waals surface area contributed by atoms with Crippen LogP contribution in [0.1, 0.15) is 25.0 Å². The topological polar surface area (TPSA) is 24.5 Å². The molecule has 3 nitrogen and oxygen atoms in total. The number of hydrogen-bond donors (Lipinski definition) is 1. The summed E-state index contributed by atoms with van der Waals surface area (Å²) >= 11 is 0. The lowest BCUT2D eigenvalue weighted by Gasteiger charge is -2.12. The summed E-state index contributed by atoms with van der Waals surface area (Å²) in [7, 11) is 2.16. The van der Waals surface area contributed by atoms with Gasteiger partial charge in [0.2, 0.25) is 0 Å². The Labute approximate surface area is 116 Å². The molecule has 19 heavy (non-hydrogen) atoms. The van der Waals surface area contributed by atoms with Gasteiger partial charge >= 0.3 is 0 Å². The first-order valence-electron chi connectivity index (χ1n) is 7.28. The van der Waals surface area contributed by atoms with Crippen molar-refractivity contribution in [2.45, 2.75) is 26.8 Å². The molecule has 1 heterocycles. The van der Waals surface area contributed by atoms with Crippen molar-refractivity contribution < 1.29 is 4.74 Å². The van der Waals surface area contributed by atoms with Crippen LogP contribution in [0.15, 0.2) is 18.2 Å². The summed E-state index contributed by atoms with van der Waals surface area (Å²) in [6.07, 6.45) is 1.18. The van der Waals surface area contributed by atoms with E-state index in [0.29, 0.717) is 5.92 Å². The first-order chi connectivity index (χ1) is 9.16. The second kappa shape index (κ2) is 6.92. The summed E-state index contributed by atoms with van der Waals surface area (Å²) < 4.78 is 5.55. The Hall–Kier alpha value is -1.06. The molecule has 0 saturated carbocycles. The molecule has 0 radical (unpaired) electrons. The van der Waals surface area contributed by atoms with Crippen molar-refractivity contribution in [1.82, 2.24) is 5.32 Å². The van der Waals surface area contributed by atoms with E-state index in [1.165, 1.54) is 23.2 Å². The van der Waals surface area contributed by atoms with Crippen molar-refractivity contribution in [1.29, 1.82) is 0 Å². The molecule has 106 valence electrons. The van der Waals surface area contributed by atoms with E-state index in [0.717, 1.165) is 32.8 Å². The molecule has 3 heteroatoms. The maximum Gasteiger partial charge on any atom is 0.0591 e. The van der Waals surface area contributed by atoms with Crippen LogP contribution in [0, 0.1) is 5.92 Å². The van der Waals surface area contributed by atoms with E-state index in [-0.39, 0.29) is 0 Å². The minimum Gasteiger partial charge on any atom is -0.380 e. The highest BCUT2D eigenvalue weighted by Gasteiger charge is 2.15. The zero-order valence-corrected chi connectivity index (χ0v) is 12.4. The Kier molecular flexibility index (Phi) is 5.23. The van der Waals surface area contributed by atoms with Gasteiger partial charge in [-0.3, -0.25) is 0 Å². The standard InChI is InChI=1S/C16H26N2O/c1-13(2)12-19-9-7-17-11-14-4-5-16-15(10-14)6-8-18(16)3/h4-5,10,13,17H,6-9,11-12H2,1-3H3. The summed E-state index contributed by atoms with van der Waals surface area (Å²) in [5.41, 5.74) is 4.25. The lowest BCUT2D eigenvalue weighted by Crippen LogP contribution is -2.20. The third-order valence-corrected chi connectivity index (χ3v) is 3.48. The van der Waals surface area contributed by atoms with Gasteiger partial charge in [-0.15, -0.1) is 0 Å². The molecule has 0 amide bonds. The average Bonchev–Trinajstić information content (AvgIpc) is 2.75. The number of rotatable bonds is 7. The highest BCUT2D eigenvalue weighted by atomic mass is 16.5. The van der Waals surface area contributed by atoms with Crippen molar-refractivity contribution in [2.75, 3.05) is 38.3 Å². The summed E-state index contributed by atoms with van der Waals surface area (Å²) in [4.78, 5) is 2.33. The van der Waals surface area contributed by atoms with Gasteiger partial charge in [-0.2, -0.15) is 0 Å². The minimum atomic E-state index is 0.619. The van der Waals surface area contributed by atoms with Crippen LogP contribution in [0.25, 0.3) is 0 Å². The quantitative estimate of drug-likeness (QED) is 0.764. The summed E-state index contributed by atoms with van der Waals surface area (Å²) in [5.74, 6) is 0.619. The highest BCUT2D eigenvalue weighted by molar-refractivity contribution is 5.58. The van der Waals surface area contributed by atoms with Crippen LogP contribution in [0.2, 0.25) is 0 Å². The van der Waals surface area contributed by atoms with E-state index >= 15 is 0 Å². The zero-order chi connectivity index (χ0) is 13.7. The summed E-state index contributed by atoms with van der Waals surface area (Å²) in [6.45, 7) is 9.00. The zero-order valence-electron chi connectivity index (χ0n) is 12.4. The largest absolute Gasteiger partial charge is 0.380 e. The molecule has 0 unspecified atom stereocenters. The van der Waals surface area contributed by atoms with Gasteiger partial charge in [0.25, 0.3) is 0 Å². The molecule has 1 aromatic carbocycles. The van der Waals surface area contributed by atoms with Crippen molar-refractivity contribution in [2.24, 2.45) is 5.92 Å². The van der Waals surface area contributed by atoms with Gasteiger partial charge in [0, 0.05) is 39.0 Å². The van der Waals surface area contributed by atoms with Crippen LogP contribution in [0.5, 0.6) is 0 Å². The first-order valence-corrected chi connectivity index (χ1v) is 7.28. The number of ether oxygens (including phenoxy) is 1. The summed E-state index contributed by atoms with van der Waals surface area (Å²) in [6, 6.07) is 6.80. The number of anilines is 1. The van der Waals surface area contributed by atoms with Crippen LogP contribution < -0.4 is 10.2 Å². The number of nitrogens with zero attached hydrogens (tertiary/aromatic N) is 1. The van der Waals surface area contributed by atoms with Gasteiger partial charge < -0.3 is 15.0 Å². The third-order valence-electron chi connectivity index (χ3n) is 3.48. The fraction of sp³-hybridized carbons (Fsp3) is 0.625. The molecule has 1 N–H and O–H groups in total. The Bertz CT molecular complexity index is 404. The maximum absolute atomic E-state index is 5.55. The van der Waals surface area contributed by atoms with E-state index in [4.69, 9.17) is 4.74 Å². The van der Waals surface area contributed by atoms with E-state index in [2.05, 4.69) is 49.3 Å². The van der Waals surface area contributed by atoms with E-state index in [1.807, 2.05) is 0 Å². The number of hydrogen-bond acceptors (Lipinski definition) is 3. The highest BCUT2D eigenvalue weighted by Crippen LogP contribution is 2.27. The molecule has 0 spiro atoms.